The molecule has 3 rings (SSSR count). The molecule has 3 amide bonds. The number of carbonyl (C=O) groups excluding carboxylic acids is 2. The van der Waals surface area contributed by atoms with Gasteiger partial charge in [0.05, 0.1) is 17.6 Å². The molecule has 2 fully saturated rings. The van der Waals surface area contributed by atoms with Crippen molar-refractivity contribution >= 4 is 29.5 Å². The van der Waals surface area contributed by atoms with Crippen molar-refractivity contribution in [3.05, 3.63) is 34.9 Å². The molecule has 206 valence electrons. The van der Waals surface area contributed by atoms with Crippen LogP contribution in [-0.4, -0.2) is 69.6 Å². The van der Waals surface area contributed by atoms with Crippen LogP contribution >= 0.6 is 11.6 Å². The van der Waals surface area contributed by atoms with Crippen molar-refractivity contribution in [3.63, 3.8) is 0 Å². The van der Waals surface area contributed by atoms with E-state index in [0.29, 0.717) is 37.5 Å². The van der Waals surface area contributed by atoms with Gasteiger partial charge in [-0.1, -0.05) is 72.2 Å². The number of aliphatic hydroxyl groups is 1. The quantitative estimate of drug-likeness (QED) is 0.519. The minimum absolute atomic E-state index is 0.165. The lowest BCUT2D eigenvalue weighted by molar-refractivity contribution is -0.157. The van der Waals surface area contributed by atoms with Crippen molar-refractivity contribution in [2.45, 2.75) is 79.0 Å². The highest BCUT2D eigenvalue weighted by molar-refractivity contribution is 6.30. The normalized spacial score (nSPS) is 26.8. The van der Waals surface area contributed by atoms with Crippen LogP contribution in [0, 0.1) is 22.7 Å². The second-order valence-electron chi connectivity index (χ2n) is 12.7. The summed E-state index contributed by atoms with van der Waals surface area (Å²) in [6.45, 7) is 14.4. The van der Waals surface area contributed by atoms with E-state index in [1.807, 2.05) is 60.6 Å². The Morgan fingerprint density at radius 2 is 1.70 bits per heavy atom. The maximum atomic E-state index is 13.7. The number of carboxylic acid groups (broad SMARTS) is 1. The Kier molecular flexibility index (Phi) is 8.26. The minimum Gasteiger partial charge on any atom is -0.465 e. The lowest BCUT2D eigenvalue weighted by Gasteiger charge is -2.51. The van der Waals surface area contributed by atoms with Crippen LogP contribution < -0.4 is 5.32 Å². The number of benzene rings is 1. The van der Waals surface area contributed by atoms with Gasteiger partial charge in [-0.05, 0) is 41.9 Å². The topological polar surface area (TPSA) is 110 Å². The molecule has 3 N–H and O–H groups in total. The fourth-order valence-electron chi connectivity index (χ4n) is 6.09. The summed E-state index contributed by atoms with van der Waals surface area (Å²) in [6.07, 6.45) is -0.256. The Morgan fingerprint density at radius 3 is 2.19 bits per heavy atom. The van der Waals surface area contributed by atoms with Crippen molar-refractivity contribution in [1.82, 2.24) is 15.1 Å². The number of piperidine rings is 1. The molecular weight excluding hydrogens is 494 g/mol. The summed E-state index contributed by atoms with van der Waals surface area (Å²) in [5, 5.41) is 24.9. The van der Waals surface area contributed by atoms with Crippen LogP contribution in [0.25, 0.3) is 0 Å². The summed E-state index contributed by atoms with van der Waals surface area (Å²) in [6, 6.07) is 5.94. The summed E-state index contributed by atoms with van der Waals surface area (Å²) in [7, 11) is 0. The number of hydrogen-bond acceptors (Lipinski definition) is 4. The SMILES string of the molecule is CC(C)[C@@H](NC(=O)C1CCN(C(=O)O)[C@H]1C(C)(C)C)C(=O)N1CC[C@](O)(c2ccc(Cl)cc2)C(C)(C)C1. The smallest absolute Gasteiger partial charge is 0.407 e. The van der Waals surface area contributed by atoms with E-state index < -0.39 is 40.5 Å². The summed E-state index contributed by atoms with van der Waals surface area (Å²) in [5.41, 5.74) is -1.45. The Bertz CT molecular complexity index is 1020. The maximum Gasteiger partial charge on any atom is 0.407 e. The second-order valence-corrected chi connectivity index (χ2v) is 13.1. The molecule has 9 heteroatoms. The van der Waals surface area contributed by atoms with Gasteiger partial charge in [0.25, 0.3) is 0 Å². The first-order chi connectivity index (χ1) is 17.0. The zero-order valence-electron chi connectivity index (χ0n) is 23.0. The number of rotatable bonds is 5. The van der Waals surface area contributed by atoms with Gasteiger partial charge in [-0.25, -0.2) is 4.79 Å². The van der Waals surface area contributed by atoms with E-state index in [-0.39, 0.29) is 17.7 Å². The van der Waals surface area contributed by atoms with Gasteiger partial charge in [-0.2, -0.15) is 0 Å². The first kappa shape index (κ1) is 29.2. The van der Waals surface area contributed by atoms with Gasteiger partial charge in [0.15, 0.2) is 0 Å². The molecule has 1 unspecified atom stereocenters. The first-order valence-corrected chi connectivity index (χ1v) is 13.4. The molecule has 1 aromatic rings. The molecule has 4 atom stereocenters. The predicted octanol–water partition coefficient (Wildman–Crippen LogP) is 4.34. The molecule has 2 aliphatic rings. The third kappa shape index (κ3) is 5.75. The molecule has 0 bridgehead atoms. The highest BCUT2D eigenvalue weighted by Gasteiger charge is 2.51. The highest BCUT2D eigenvalue weighted by atomic mass is 35.5. The van der Waals surface area contributed by atoms with E-state index in [0.717, 1.165) is 5.56 Å². The lowest BCUT2D eigenvalue weighted by Crippen LogP contribution is -2.61. The molecule has 2 heterocycles. The number of hydrogen-bond donors (Lipinski definition) is 3. The lowest BCUT2D eigenvalue weighted by atomic mass is 9.66. The fraction of sp³-hybridized carbons (Fsp3) is 0.679. The molecule has 0 aromatic heterocycles. The van der Waals surface area contributed by atoms with E-state index in [4.69, 9.17) is 11.6 Å². The molecule has 2 saturated heterocycles. The number of nitrogens with one attached hydrogen (secondary N) is 1. The zero-order valence-corrected chi connectivity index (χ0v) is 23.8. The third-order valence-electron chi connectivity index (χ3n) is 8.18. The maximum absolute atomic E-state index is 13.7. The average molecular weight is 536 g/mol. The number of nitrogens with zero attached hydrogens (tertiary/aromatic N) is 2. The van der Waals surface area contributed by atoms with Crippen LogP contribution in [0.4, 0.5) is 4.79 Å². The van der Waals surface area contributed by atoms with E-state index in [2.05, 4.69) is 5.32 Å². The van der Waals surface area contributed by atoms with Crippen molar-refractivity contribution in [2.24, 2.45) is 22.7 Å². The monoisotopic (exact) mass is 535 g/mol. The number of amides is 3. The number of likely N-dealkylation sites (tertiary alicyclic amines) is 2. The predicted molar refractivity (Wildman–Crippen MR) is 143 cm³/mol. The van der Waals surface area contributed by atoms with Crippen molar-refractivity contribution < 1.29 is 24.6 Å². The molecule has 0 aliphatic carbocycles. The number of carbonyl (C=O) groups is 3. The van der Waals surface area contributed by atoms with Crippen LogP contribution in [0.15, 0.2) is 24.3 Å². The van der Waals surface area contributed by atoms with E-state index in [1.54, 1.807) is 17.0 Å². The average Bonchev–Trinajstić information content (AvgIpc) is 3.25. The Balaban J connectivity index is 1.77. The third-order valence-corrected chi connectivity index (χ3v) is 8.43. The molecule has 1 aromatic carbocycles. The second kappa shape index (κ2) is 10.4. The molecule has 0 spiro atoms. The van der Waals surface area contributed by atoms with Gasteiger partial charge < -0.3 is 25.3 Å². The van der Waals surface area contributed by atoms with Crippen molar-refractivity contribution in [2.75, 3.05) is 19.6 Å². The Labute approximate surface area is 225 Å². The van der Waals surface area contributed by atoms with E-state index in [1.165, 1.54) is 4.90 Å². The van der Waals surface area contributed by atoms with Crippen LogP contribution in [0.5, 0.6) is 0 Å². The molecule has 0 saturated carbocycles. The standard InChI is InChI=1S/C28H42ClN3O5/c1-17(2)21(30-23(33)20-12-14-32(25(35)36)22(20)26(3,4)5)24(34)31-15-13-28(37,27(6,7)16-31)18-8-10-19(29)11-9-18/h8-11,17,20-22,37H,12-16H2,1-7H3,(H,30,33)(H,35,36)/t20?,21-,22-,28+/m1/s1. The van der Waals surface area contributed by atoms with Gasteiger partial charge in [0, 0.05) is 30.1 Å². The zero-order chi connectivity index (χ0) is 27.9. The summed E-state index contributed by atoms with van der Waals surface area (Å²) in [5.74, 6) is -1.17. The van der Waals surface area contributed by atoms with Crippen LogP contribution in [-0.2, 0) is 15.2 Å². The molecule has 37 heavy (non-hydrogen) atoms. The first-order valence-electron chi connectivity index (χ1n) is 13.1. The molecule has 2 aliphatic heterocycles. The van der Waals surface area contributed by atoms with Crippen LogP contribution in [0.2, 0.25) is 5.02 Å². The Morgan fingerprint density at radius 1 is 1.11 bits per heavy atom. The summed E-state index contributed by atoms with van der Waals surface area (Å²) in [4.78, 5) is 42.1. The number of halogens is 1. The van der Waals surface area contributed by atoms with Gasteiger partial charge in [0.1, 0.15) is 6.04 Å². The van der Waals surface area contributed by atoms with Gasteiger partial charge in [-0.15, -0.1) is 0 Å². The largest absolute Gasteiger partial charge is 0.465 e. The highest BCUT2D eigenvalue weighted by Crippen LogP contribution is 2.46. The Hall–Kier alpha value is -2.32. The molecule has 0 radical (unpaired) electrons. The van der Waals surface area contributed by atoms with Crippen molar-refractivity contribution in [1.29, 1.82) is 0 Å². The van der Waals surface area contributed by atoms with E-state index in [9.17, 15) is 24.6 Å². The molecule has 8 nitrogen and oxygen atoms in total. The summed E-state index contributed by atoms with van der Waals surface area (Å²) >= 11 is 6.04. The van der Waals surface area contributed by atoms with Gasteiger partial charge in [-0.3, -0.25) is 9.59 Å². The van der Waals surface area contributed by atoms with Gasteiger partial charge >= 0.3 is 6.09 Å². The fourth-order valence-corrected chi connectivity index (χ4v) is 6.22. The van der Waals surface area contributed by atoms with Gasteiger partial charge in [0.2, 0.25) is 11.8 Å². The molecular formula is C28H42ClN3O5. The van der Waals surface area contributed by atoms with E-state index >= 15 is 0 Å². The van der Waals surface area contributed by atoms with Crippen molar-refractivity contribution in [3.8, 4) is 0 Å². The van der Waals surface area contributed by atoms with Crippen LogP contribution in [0.3, 0.4) is 0 Å². The summed E-state index contributed by atoms with van der Waals surface area (Å²) < 4.78 is 0. The van der Waals surface area contributed by atoms with Crippen LogP contribution in [0.1, 0.15) is 66.9 Å². The minimum atomic E-state index is -1.13.